The highest BCUT2D eigenvalue weighted by Gasteiger charge is 2.20. The molecule has 0 aromatic heterocycles. The summed E-state index contributed by atoms with van der Waals surface area (Å²) in [6, 6.07) is 19.5. The molecule has 2 aromatic carbocycles. The quantitative estimate of drug-likeness (QED) is 0.693. The number of para-hydroxylation sites is 2. The summed E-state index contributed by atoms with van der Waals surface area (Å²) in [6.07, 6.45) is 7.74. The molecule has 0 spiro atoms. The molecule has 2 aliphatic rings. The monoisotopic (exact) mass is 349 g/mol. The Morgan fingerprint density at radius 1 is 1.00 bits per heavy atom. The van der Waals surface area contributed by atoms with Gasteiger partial charge in [-0.15, -0.1) is 0 Å². The standard InChI is InChI=1S/C23H15N3O/c1-26-18(11-10-16-6-2-4-8-22(16)26)12-19-13-21(17(14-24)15-25)20-7-3-5-9-23(20)27-19/h2-13H,1H3/b18-12+. The second kappa shape index (κ2) is 6.71. The van der Waals surface area contributed by atoms with Crippen LogP contribution in [0.5, 0.6) is 5.75 Å². The normalized spacial score (nSPS) is 15.8. The van der Waals surface area contributed by atoms with Crippen LogP contribution in [-0.4, -0.2) is 7.05 Å². The van der Waals surface area contributed by atoms with Crippen molar-refractivity contribution >= 4 is 17.3 Å². The van der Waals surface area contributed by atoms with Gasteiger partial charge in [0.1, 0.15) is 29.2 Å². The number of ether oxygens (including phenoxy) is 1. The Kier molecular flexibility index (Phi) is 4.09. The first-order valence-electron chi connectivity index (χ1n) is 8.47. The van der Waals surface area contributed by atoms with E-state index in [1.165, 1.54) is 0 Å². The van der Waals surface area contributed by atoms with E-state index in [2.05, 4.69) is 23.1 Å². The summed E-state index contributed by atoms with van der Waals surface area (Å²) in [6.45, 7) is 0. The molecule has 128 valence electrons. The molecule has 4 heteroatoms. The Balaban J connectivity index is 1.80. The van der Waals surface area contributed by atoms with Crippen molar-refractivity contribution in [3.63, 3.8) is 0 Å². The molecular formula is C23H15N3O. The van der Waals surface area contributed by atoms with Crippen molar-refractivity contribution in [3.05, 3.63) is 94.9 Å². The van der Waals surface area contributed by atoms with E-state index in [0.717, 1.165) is 22.5 Å². The summed E-state index contributed by atoms with van der Waals surface area (Å²) in [7, 11) is 2.00. The van der Waals surface area contributed by atoms with Gasteiger partial charge in [0, 0.05) is 35.6 Å². The van der Waals surface area contributed by atoms with Gasteiger partial charge in [0.2, 0.25) is 0 Å². The summed E-state index contributed by atoms with van der Waals surface area (Å²) in [5, 5.41) is 18.7. The van der Waals surface area contributed by atoms with Crippen molar-refractivity contribution in [1.82, 2.24) is 0 Å². The number of rotatable bonds is 1. The van der Waals surface area contributed by atoms with Crippen LogP contribution in [0.3, 0.4) is 0 Å². The van der Waals surface area contributed by atoms with Crippen LogP contribution in [0, 0.1) is 22.7 Å². The zero-order valence-corrected chi connectivity index (χ0v) is 14.7. The SMILES string of the molecule is CN1/C(=C/C2=CC(=C(C#N)C#N)c3ccccc3O2)C=Cc2ccccc21. The predicted molar refractivity (Wildman–Crippen MR) is 105 cm³/mol. The minimum Gasteiger partial charge on any atom is -0.457 e. The maximum Gasteiger partial charge on any atom is 0.137 e. The molecule has 4 nitrogen and oxygen atoms in total. The van der Waals surface area contributed by atoms with Gasteiger partial charge in [-0.1, -0.05) is 42.5 Å². The van der Waals surface area contributed by atoms with E-state index in [1.807, 2.05) is 67.7 Å². The zero-order chi connectivity index (χ0) is 18.8. The minimum absolute atomic E-state index is 0.0690. The van der Waals surface area contributed by atoms with Crippen molar-refractivity contribution in [2.45, 2.75) is 0 Å². The molecule has 0 saturated heterocycles. The Morgan fingerprint density at radius 2 is 1.74 bits per heavy atom. The summed E-state index contributed by atoms with van der Waals surface area (Å²) in [5.41, 5.74) is 4.60. The zero-order valence-electron chi connectivity index (χ0n) is 14.7. The third kappa shape index (κ3) is 2.90. The van der Waals surface area contributed by atoms with Crippen molar-refractivity contribution in [3.8, 4) is 17.9 Å². The average Bonchev–Trinajstić information content (AvgIpc) is 2.71. The van der Waals surface area contributed by atoms with E-state index < -0.39 is 0 Å². The van der Waals surface area contributed by atoms with Gasteiger partial charge in [-0.05, 0) is 29.8 Å². The molecule has 0 radical (unpaired) electrons. The van der Waals surface area contributed by atoms with Gasteiger partial charge in [0.05, 0.1) is 0 Å². The van der Waals surface area contributed by atoms with Gasteiger partial charge >= 0.3 is 0 Å². The molecule has 0 bridgehead atoms. The fourth-order valence-corrected chi connectivity index (χ4v) is 3.23. The number of nitriles is 2. The van der Waals surface area contributed by atoms with E-state index in [4.69, 9.17) is 4.74 Å². The van der Waals surface area contributed by atoms with E-state index in [1.54, 1.807) is 6.08 Å². The van der Waals surface area contributed by atoms with Gasteiger partial charge in [-0.25, -0.2) is 0 Å². The predicted octanol–water partition coefficient (Wildman–Crippen LogP) is 4.81. The number of hydrogen-bond donors (Lipinski definition) is 0. The number of nitrogens with zero attached hydrogens (tertiary/aromatic N) is 3. The number of likely N-dealkylation sites (N-methyl/N-ethyl adjacent to an activating group) is 1. The van der Waals surface area contributed by atoms with Crippen LogP contribution in [0.1, 0.15) is 11.1 Å². The Morgan fingerprint density at radius 3 is 2.56 bits per heavy atom. The molecule has 0 atom stereocenters. The lowest BCUT2D eigenvalue weighted by Crippen LogP contribution is -2.19. The fraction of sp³-hybridized carbons (Fsp3) is 0.0435. The topological polar surface area (TPSA) is 60.0 Å². The highest BCUT2D eigenvalue weighted by molar-refractivity contribution is 5.87. The number of hydrogen-bond acceptors (Lipinski definition) is 4. The van der Waals surface area contributed by atoms with Crippen LogP contribution in [-0.2, 0) is 0 Å². The summed E-state index contributed by atoms with van der Waals surface area (Å²) in [4.78, 5) is 2.08. The van der Waals surface area contributed by atoms with Crippen molar-refractivity contribution in [1.29, 1.82) is 10.5 Å². The van der Waals surface area contributed by atoms with Crippen LogP contribution in [0.2, 0.25) is 0 Å². The van der Waals surface area contributed by atoms with E-state index in [9.17, 15) is 10.5 Å². The molecule has 0 fully saturated rings. The lowest BCUT2D eigenvalue weighted by atomic mass is 9.97. The van der Waals surface area contributed by atoms with Crippen LogP contribution in [0.4, 0.5) is 5.69 Å². The van der Waals surface area contributed by atoms with Gasteiger partial charge in [0.15, 0.2) is 0 Å². The molecule has 27 heavy (non-hydrogen) atoms. The lowest BCUT2D eigenvalue weighted by Gasteiger charge is -2.27. The summed E-state index contributed by atoms with van der Waals surface area (Å²) in [5.74, 6) is 1.21. The number of fused-ring (bicyclic) bond motifs is 2. The molecule has 0 unspecified atom stereocenters. The Labute approximate surface area is 157 Å². The maximum atomic E-state index is 9.33. The van der Waals surface area contributed by atoms with Gasteiger partial charge < -0.3 is 9.64 Å². The molecule has 2 aliphatic heterocycles. The van der Waals surface area contributed by atoms with Gasteiger partial charge in [0.25, 0.3) is 0 Å². The maximum absolute atomic E-state index is 9.33. The van der Waals surface area contributed by atoms with Gasteiger partial charge in [-0.2, -0.15) is 10.5 Å². The Bertz CT molecular complexity index is 1120. The first-order chi connectivity index (χ1) is 13.2. The van der Waals surface area contributed by atoms with E-state index in [0.29, 0.717) is 17.1 Å². The number of benzene rings is 2. The lowest BCUT2D eigenvalue weighted by molar-refractivity contribution is 0.438. The van der Waals surface area contributed by atoms with Crippen LogP contribution in [0.15, 0.2) is 83.8 Å². The molecular weight excluding hydrogens is 334 g/mol. The van der Waals surface area contributed by atoms with Crippen LogP contribution < -0.4 is 9.64 Å². The third-order valence-electron chi connectivity index (χ3n) is 4.59. The van der Waals surface area contributed by atoms with Gasteiger partial charge in [-0.3, -0.25) is 0 Å². The van der Waals surface area contributed by atoms with Crippen molar-refractivity contribution in [2.75, 3.05) is 11.9 Å². The smallest absolute Gasteiger partial charge is 0.137 e. The molecule has 2 heterocycles. The highest BCUT2D eigenvalue weighted by atomic mass is 16.5. The van der Waals surface area contributed by atoms with Crippen LogP contribution in [0.25, 0.3) is 11.6 Å². The largest absolute Gasteiger partial charge is 0.457 e. The molecule has 0 N–H and O–H groups in total. The van der Waals surface area contributed by atoms with Crippen LogP contribution >= 0.6 is 0 Å². The first-order valence-corrected chi connectivity index (χ1v) is 8.47. The highest BCUT2D eigenvalue weighted by Crippen LogP contribution is 2.37. The Hall–Kier alpha value is -4.02. The summed E-state index contributed by atoms with van der Waals surface area (Å²) < 4.78 is 6.01. The van der Waals surface area contributed by atoms with Crippen molar-refractivity contribution in [2.24, 2.45) is 0 Å². The summed E-state index contributed by atoms with van der Waals surface area (Å²) >= 11 is 0. The second-order valence-electron chi connectivity index (χ2n) is 6.18. The second-order valence-corrected chi connectivity index (χ2v) is 6.18. The molecule has 0 amide bonds. The number of allylic oxidation sites excluding steroid dienone is 5. The van der Waals surface area contributed by atoms with E-state index >= 15 is 0 Å². The van der Waals surface area contributed by atoms with Crippen molar-refractivity contribution < 1.29 is 4.74 Å². The number of anilines is 1. The molecule has 4 rings (SSSR count). The molecule has 2 aromatic rings. The minimum atomic E-state index is 0.0690. The first kappa shape index (κ1) is 16.4. The van der Waals surface area contributed by atoms with E-state index in [-0.39, 0.29) is 5.57 Å². The fourth-order valence-electron chi connectivity index (χ4n) is 3.23. The third-order valence-corrected chi connectivity index (χ3v) is 4.59. The molecule has 0 aliphatic carbocycles. The molecule has 0 saturated carbocycles. The average molecular weight is 349 g/mol.